The largest absolute Gasteiger partial charge is 0.478 e. The molecule has 0 amide bonds. The minimum Gasteiger partial charge on any atom is -0.478 e. The molecule has 1 aromatic carbocycles. The van der Waals surface area contributed by atoms with Crippen LogP contribution >= 0.6 is 0 Å². The van der Waals surface area contributed by atoms with Crippen molar-refractivity contribution in [3.63, 3.8) is 0 Å². The van der Waals surface area contributed by atoms with Crippen molar-refractivity contribution in [3.8, 4) is 0 Å². The van der Waals surface area contributed by atoms with Crippen molar-refractivity contribution in [2.45, 2.75) is 13.0 Å². The molecule has 0 bridgehead atoms. The van der Waals surface area contributed by atoms with Crippen molar-refractivity contribution in [2.24, 2.45) is 0 Å². The van der Waals surface area contributed by atoms with Crippen LogP contribution in [0.1, 0.15) is 16.8 Å². The van der Waals surface area contributed by atoms with Crippen molar-refractivity contribution in [2.75, 3.05) is 11.9 Å². The maximum Gasteiger partial charge on any atom is 0.335 e. The second kappa shape index (κ2) is 5.66. The highest BCUT2D eigenvalue weighted by Crippen LogP contribution is 2.16. The summed E-state index contributed by atoms with van der Waals surface area (Å²) in [6.45, 7) is 1.56. The summed E-state index contributed by atoms with van der Waals surface area (Å²) in [5.74, 6) is -0.0279. The second-order valence-corrected chi connectivity index (χ2v) is 4.70. The minimum atomic E-state index is -0.923. The Labute approximate surface area is 120 Å². The summed E-state index contributed by atoms with van der Waals surface area (Å²) >= 11 is 0. The van der Waals surface area contributed by atoms with Gasteiger partial charge in [0, 0.05) is 18.5 Å². The van der Waals surface area contributed by atoms with Gasteiger partial charge in [0.05, 0.1) is 23.5 Å². The Balaban J connectivity index is 1.63. The molecule has 0 unspecified atom stereocenters. The maximum atomic E-state index is 10.9. The first-order valence-electron chi connectivity index (χ1n) is 6.66. The third-order valence-electron chi connectivity index (χ3n) is 3.25. The number of hydrogen-bond acceptors (Lipinski definition) is 4. The standard InChI is InChI=1S/C14H15N5O2/c20-14(21)10-2-3-12-11(8-10)9-17-19(12)7-1-5-15-13-4-6-16-18-13/h2-4,6,8-9H,1,5,7H2,(H,20,21)(H2,15,16,18). The lowest BCUT2D eigenvalue weighted by Gasteiger charge is -2.05. The number of anilines is 1. The van der Waals surface area contributed by atoms with Crippen molar-refractivity contribution in [1.82, 2.24) is 20.0 Å². The number of aryl methyl sites for hydroxylation is 1. The van der Waals surface area contributed by atoms with Gasteiger partial charge in [0.15, 0.2) is 0 Å². The Morgan fingerprint density at radius 2 is 2.29 bits per heavy atom. The summed E-state index contributed by atoms with van der Waals surface area (Å²) in [7, 11) is 0. The maximum absolute atomic E-state index is 10.9. The van der Waals surface area contributed by atoms with Gasteiger partial charge in [-0.15, -0.1) is 0 Å². The van der Waals surface area contributed by atoms with Gasteiger partial charge in [-0.25, -0.2) is 4.79 Å². The zero-order valence-corrected chi connectivity index (χ0v) is 11.3. The molecular formula is C14H15N5O2. The quantitative estimate of drug-likeness (QED) is 0.602. The van der Waals surface area contributed by atoms with E-state index in [2.05, 4.69) is 20.6 Å². The first-order valence-corrected chi connectivity index (χ1v) is 6.66. The van der Waals surface area contributed by atoms with Gasteiger partial charge >= 0.3 is 5.97 Å². The Kier molecular flexibility index (Phi) is 3.55. The van der Waals surface area contributed by atoms with E-state index in [1.54, 1.807) is 30.6 Å². The molecule has 3 N–H and O–H groups in total. The number of carboxylic acids is 1. The van der Waals surface area contributed by atoms with E-state index in [1.165, 1.54) is 0 Å². The Morgan fingerprint density at radius 1 is 1.38 bits per heavy atom. The molecule has 0 saturated heterocycles. The number of hydrogen-bond donors (Lipinski definition) is 3. The van der Waals surface area contributed by atoms with Crippen molar-refractivity contribution in [3.05, 3.63) is 42.2 Å². The lowest BCUT2D eigenvalue weighted by molar-refractivity contribution is 0.0697. The predicted octanol–water partition coefficient (Wildman–Crippen LogP) is 1.96. The molecule has 3 rings (SSSR count). The molecule has 0 fully saturated rings. The molecule has 108 valence electrons. The lowest BCUT2D eigenvalue weighted by atomic mass is 10.1. The molecule has 3 aromatic rings. The predicted molar refractivity (Wildman–Crippen MR) is 78.4 cm³/mol. The summed E-state index contributed by atoms with van der Waals surface area (Å²) in [5.41, 5.74) is 1.23. The van der Waals surface area contributed by atoms with E-state index in [1.807, 2.05) is 10.7 Å². The van der Waals surface area contributed by atoms with Crippen LogP contribution < -0.4 is 5.32 Å². The van der Waals surface area contributed by atoms with Gasteiger partial charge < -0.3 is 10.4 Å². The summed E-state index contributed by atoms with van der Waals surface area (Å²) in [4.78, 5) is 10.9. The summed E-state index contributed by atoms with van der Waals surface area (Å²) in [6, 6.07) is 6.92. The Hall–Kier alpha value is -2.83. The summed E-state index contributed by atoms with van der Waals surface area (Å²) in [6.07, 6.45) is 4.30. The average molecular weight is 285 g/mol. The van der Waals surface area contributed by atoms with Crippen LogP contribution in [0, 0.1) is 0 Å². The summed E-state index contributed by atoms with van der Waals surface area (Å²) in [5, 5.41) is 24.0. The molecule has 2 aromatic heterocycles. The molecule has 21 heavy (non-hydrogen) atoms. The average Bonchev–Trinajstić information content (AvgIpc) is 3.12. The normalized spacial score (nSPS) is 10.9. The van der Waals surface area contributed by atoms with Crippen LogP contribution in [-0.4, -0.2) is 37.6 Å². The zero-order chi connectivity index (χ0) is 14.7. The van der Waals surface area contributed by atoms with E-state index in [4.69, 9.17) is 5.11 Å². The van der Waals surface area contributed by atoms with E-state index in [0.29, 0.717) is 0 Å². The first kappa shape index (κ1) is 13.2. The highest BCUT2D eigenvalue weighted by Gasteiger charge is 2.07. The van der Waals surface area contributed by atoms with Crippen LogP contribution in [0.25, 0.3) is 10.9 Å². The number of H-pyrrole nitrogens is 1. The second-order valence-electron chi connectivity index (χ2n) is 4.70. The number of carbonyl (C=O) groups is 1. The number of carboxylic acid groups (broad SMARTS) is 1. The van der Waals surface area contributed by atoms with Crippen molar-refractivity contribution in [1.29, 1.82) is 0 Å². The van der Waals surface area contributed by atoms with Gasteiger partial charge in [0.1, 0.15) is 5.82 Å². The molecule has 7 heteroatoms. The molecular weight excluding hydrogens is 270 g/mol. The number of fused-ring (bicyclic) bond motifs is 1. The number of rotatable bonds is 6. The number of aromatic amines is 1. The number of benzene rings is 1. The topological polar surface area (TPSA) is 95.8 Å². The van der Waals surface area contributed by atoms with E-state index in [0.717, 1.165) is 36.2 Å². The van der Waals surface area contributed by atoms with Gasteiger partial charge in [0.25, 0.3) is 0 Å². The molecule has 7 nitrogen and oxygen atoms in total. The molecule has 0 radical (unpaired) electrons. The van der Waals surface area contributed by atoms with Gasteiger partial charge in [-0.3, -0.25) is 9.78 Å². The smallest absolute Gasteiger partial charge is 0.335 e. The summed E-state index contributed by atoms with van der Waals surface area (Å²) < 4.78 is 1.88. The van der Waals surface area contributed by atoms with Gasteiger partial charge in [0.2, 0.25) is 0 Å². The monoisotopic (exact) mass is 285 g/mol. The van der Waals surface area contributed by atoms with Crippen molar-refractivity contribution >= 4 is 22.7 Å². The molecule has 0 saturated carbocycles. The molecule has 0 aliphatic heterocycles. The van der Waals surface area contributed by atoms with Crippen LogP contribution in [0.2, 0.25) is 0 Å². The molecule has 2 heterocycles. The van der Waals surface area contributed by atoms with Crippen LogP contribution in [-0.2, 0) is 6.54 Å². The van der Waals surface area contributed by atoms with E-state index < -0.39 is 5.97 Å². The fraction of sp³-hybridized carbons (Fsp3) is 0.214. The van der Waals surface area contributed by atoms with E-state index >= 15 is 0 Å². The first-order chi connectivity index (χ1) is 10.2. The third-order valence-corrected chi connectivity index (χ3v) is 3.25. The number of nitrogens with zero attached hydrogens (tertiary/aromatic N) is 3. The van der Waals surface area contributed by atoms with Crippen LogP contribution in [0.15, 0.2) is 36.7 Å². The number of aromatic carboxylic acids is 1. The molecule has 0 atom stereocenters. The van der Waals surface area contributed by atoms with Crippen molar-refractivity contribution < 1.29 is 9.90 Å². The highest BCUT2D eigenvalue weighted by atomic mass is 16.4. The Bertz CT molecular complexity index is 748. The van der Waals surface area contributed by atoms with Gasteiger partial charge in [-0.05, 0) is 30.7 Å². The van der Waals surface area contributed by atoms with Crippen LogP contribution in [0.5, 0.6) is 0 Å². The fourth-order valence-corrected chi connectivity index (χ4v) is 2.20. The minimum absolute atomic E-state index is 0.281. The third kappa shape index (κ3) is 2.86. The molecule has 0 spiro atoms. The lowest BCUT2D eigenvalue weighted by Crippen LogP contribution is -2.08. The Morgan fingerprint density at radius 3 is 3.05 bits per heavy atom. The zero-order valence-electron chi connectivity index (χ0n) is 11.3. The van der Waals surface area contributed by atoms with Crippen LogP contribution in [0.4, 0.5) is 5.82 Å². The van der Waals surface area contributed by atoms with E-state index in [-0.39, 0.29) is 5.56 Å². The van der Waals surface area contributed by atoms with Gasteiger partial charge in [-0.2, -0.15) is 10.2 Å². The van der Waals surface area contributed by atoms with Crippen LogP contribution in [0.3, 0.4) is 0 Å². The fourth-order valence-electron chi connectivity index (χ4n) is 2.20. The number of nitrogens with one attached hydrogen (secondary N) is 2. The molecule has 0 aliphatic rings. The van der Waals surface area contributed by atoms with Gasteiger partial charge in [-0.1, -0.05) is 0 Å². The molecule has 0 aliphatic carbocycles. The number of aromatic nitrogens is 4. The highest BCUT2D eigenvalue weighted by molar-refractivity contribution is 5.93. The van der Waals surface area contributed by atoms with E-state index in [9.17, 15) is 4.79 Å². The SMILES string of the molecule is O=C(O)c1ccc2c(cnn2CCCNc2ccn[nH]2)c1.